The molecule has 0 saturated carbocycles. The van der Waals surface area contributed by atoms with Crippen LogP contribution in [0.3, 0.4) is 0 Å². The van der Waals surface area contributed by atoms with Gasteiger partial charge in [-0.25, -0.2) is 19.2 Å². The van der Waals surface area contributed by atoms with Crippen LogP contribution in [-0.2, 0) is 0 Å². The summed E-state index contributed by atoms with van der Waals surface area (Å²) in [6.07, 6.45) is 1.32. The number of nitrogens with one attached hydrogen (secondary N) is 2. The number of halogens is 2. The minimum atomic E-state index is -0.396. The van der Waals surface area contributed by atoms with Gasteiger partial charge in [0.2, 0.25) is 0 Å². The molecule has 2 amide bonds. The Labute approximate surface area is 243 Å². The number of rotatable bonds is 6. The van der Waals surface area contributed by atoms with Gasteiger partial charge in [0, 0.05) is 68.5 Å². The number of nitrogen functional groups attached to an aromatic ring is 1. The van der Waals surface area contributed by atoms with Crippen molar-refractivity contribution in [2.24, 2.45) is 0 Å². The van der Waals surface area contributed by atoms with Crippen LogP contribution in [0.1, 0.15) is 0 Å². The summed E-state index contributed by atoms with van der Waals surface area (Å²) in [7, 11) is 5.45. The zero-order chi connectivity index (χ0) is 29.1. The van der Waals surface area contributed by atoms with Crippen molar-refractivity contribution >= 4 is 46.2 Å². The molecular weight excluding hydrogens is 543 g/mol. The summed E-state index contributed by atoms with van der Waals surface area (Å²) >= 11 is 6.14. The lowest BCUT2D eigenvalue weighted by atomic mass is 9.97. The maximum Gasteiger partial charge on any atom is 0.321 e. The van der Waals surface area contributed by atoms with E-state index in [1.807, 2.05) is 12.1 Å². The van der Waals surface area contributed by atoms with E-state index in [0.717, 1.165) is 37.4 Å². The molecule has 0 spiro atoms. The number of hydrogen-bond acceptors (Lipinski definition) is 7. The van der Waals surface area contributed by atoms with Crippen molar-refractivity contribution in [3.8, 4) is 22.3 Å². The average molecular weight is 575 g/mol. The molecule has 0 radical (unpaired) electrons. The maximum absolute atomic E-state index is 15.7. The SMILES string of the molecule is CN1CCN(c2ccc(-c3cc(F)c(-c4ccc(NC(=O)N(C)C)cc4)cc3Nc3ncnc(Cl)c3N)cc2)CC1. The van der Waals surface area contributed by atoms with Crippen LogP contribution in [0.2, 0.25) is 5.15 Å². The predicted molar refractivity (Wildman–Crippen MR) is 164 cm³/mol. The van der Waals surface area contributed by atoms with Gasteiger partial charge in [0.05, 0.1) is 0 Å². The minimum absolute atomic E-state index is 0.123. The molecule has 212 valence electrons. The van der Waals surface area contributed by atoms with Gasteiger partial charge < -0.3 is 31.1 Å². The Morgan fingerprint density at radius 1 is 0.951 bits per heavy atom. The van der Waals surface area contributed by atoms with Gasteiger partial charge in [0.25, 0.3) is 0 Å². The molecule has 11 heteroatoms. The number of likely N-dealkylation sites (N-methyl/N-ethyl adjacent to an activating group) is 1. The summed E-state index contributed by atoms with van der Waals surface area (Å²) in [5.41, 5.74) is 11.1. The molecule has 5 rings (SSSR count). The lowest BCUT2D eigenvalue weighted by Crippen LogP contribution is -2.44. The Kier molecular flexibility index (Phi) is 8.23. The molecule has 1 aliphatic heterocycles. The summed E-state index contributed by atoms with van der Waals surface area (Å²) in [6.45, 7) is 3.93. The lowest BCUT2D eigenvalue weighted by molar-refractivity contribution is 0.230. The van der Waals surface area contributed by atoms with Crippen molar-refractivity contribution in [3.05, 3.63) is 78.0 Å². The second-order valence-corrected chi connectivity index (χ2v) is 10.5. The van der Waals surface area contributed by atoms with Gasteiger partial charge in [-0.3, -0.25) is 0 Å². The second kappa shape index (κ2) is 12.0. The minimum Gasteiger partial charge on any atom is -0.393 e. The number of carbonyl (C=O) groups excluding carboxylic acids is 1. The first-order valence-electron chi connectivity index (χ1n) is 13.2. The van der Waals surface area contributed by atoms with Gasteiger partial charge in [-0.15, -0.1) is 0 Å². The molecule has 3 aromatic carbocycles. The van der Waals surface area contributed by atoms with Crippen LogP contribution in [0.4, 0.5) is 37.8 Å². The van der Waals surface area contributed by atoms with Crippen LogP contribution in [0.5, 0.6) is 0 Å². The summed E-state index contributed by atoms with van der Waals surface area (Å²) in [4.78, 5) is 26.3. The van der Waals surface area contributed by atoms with Crippen molar-refractivity contribution in [2.75, 3.05) is 68.6 Å². The molecular formula is C30H32ClFN8O. The van der Waals surface area contributed by atoms with E-state index in [9.17, 15) is 4.79 Å². The zero-order valence-electron chi connectivity index (χ0n) is 23.2. The molecule has 0 bridgehead atoms. The van der Waals surface area contributed by atoms with Crippen LogP contribution in [-0.4, -0.2) is 73.1 Å². The molecule has 0 unspecified atom stereocenters. The topological polar surface area (TPSA) is 103 Å². The first-order valence-corrected chi connectivity index (χ1v) is 13.6. The summed E-state index contributed by atoms with van der Waals surface area (Å²) < 4.78 is 15.7. The van der Waals surface area contributed by atoms with Crippen molar-refractivity contribution < 1.29 is 9.18 Å². The fraction of sp³-hybridized carbons (Fsp3) is 0.233. The average Bonchev–Trinajstić information content (AvgIpc) is 2.97. The van der Waals surface area contributed by atoms with Gasteiger partial charge in [-0.05, 0) is 54.6 Å². The van der Waals surface area contributed by atoms with Crippen molar-refractivity contribution in [2.45, 2.75) is 0 Å². The third-order valence-corrected chi connectivity index (χ3v) is 7.40. The molecule has 1 aliphatic rings. The summed E-state index contributed by atoms with van der Waals surface area (Å²) in [5.74, 6) is -0.0768. The number of piperazine rings is 1. The third kappa shape index (κ3) is 6.34. The number of nitrogens with zero attached hydrogens (tertiary/aromatic N) is 5. The molecule has 1 fully saturated rings. The van der Waals surface area contributed by atoms with Crippen LogP contribution in [0.15, 0.2) is 67.0 Å². The van der Waals surface area contributed by atoms with E-state index in [4.69, 9.17) is 17.3 Å². The Morgan fingerprint density at radius 3 is 2.24 bits per heavy atom. The number of aromatic nitrogens is 2. The quantitative estimate of drug-likeness (QED) is 0.251. The molecule has 41 heavy (non-hydrogen) atoms. The van der Waals surface area contributed by atoms with Gasteiger partial charge in [0.15, 0.2) is 11.0 Å². The van der Waals surface area contributed by atoms with Crippen molar-refractivity contribution in [1.29, 1.82) is 0 Å². The molecule has 0 aliphatic carbocycles. The standard InChI is InChI=1S/C30H32ClFN8O/c1-38(2)30(41)36-21-8-4-19(5-9-21)23-17-26(37-29-27(33)28(31)34-18-35-29)24(16-25(23)32)20-6-10-22(11-7-20)40-14-12-39(3)13-15-40/h4-11,16-18H,12-15,33H2,1-3H3,(H,36,41)(H,34,35,37). The zero-order valence-corrected chi connectivity index (χ0v) is 23.9. The molecule has 2 heterocycles. The first kappa shape index (κ1) is 28.1. The second-order valence-electron chi connectivity index (χ2n) is 10.2. The van der Waals surface area contributed by atoms with E-state index in [1.54, 1.807) is 44.4 Å². The van der Waals surface area contributed by atoms with E-state index in [0.29, 0.717) is 33.9 Å². The predicted octanol–water partition coefficient (Wildman–Crippen LogP) is 5.77. The maximum atomic E-state index is 15.7. The number of anilines is 5. The highest BCUT2D eigenvalue weighted by Gasteiger charge is 2.18. The number of carbonyl (C=O) groups is 1. The van der Waals surface area contributed by atoms with Crippen LogP contribution >= 0.6 is 11.6 Å². The van der Waals surface area contributed by atoms with Crippen LogP contribution in [0.25, 0.3) is 22.3 Å². The lowest BCUT2D eigenvalue weighted by Gasteiger charge is -2.34. The summed E-state index contributed by atoms with van der Waals surface area (Å²) in [6, 6.07) is 18.1. The van der Waals surface area contributed by atoms with Crippen molar-refractivity contribution in [3.63, 3.8) is 0 Å². The number of hydrogen-bond donors (Lipinski definition) is 3. The largest absolute Gasteiger partial charge is 0.393 e. The van der Waals surface area contributed by atoms with Crippen LogP contribution in [0, 0.1) is 5.82 Å². The van der Waals surface area contributed by atoms with Crippen molar-refractivity contribution in [1.82, 2.24) is 19.8 Å². The Hall–Kier alpha value is -4.41. The Balaban J connectivity index is 1.51. The fourth-order valence-electron chi connectivity index (χ4n) is 4.62. The Bertz CT molecular complexity index is 1540. The van der Waals surface area contributed by atoms with E-state index >= 15 is 4.39 Å². The molecule has 9 nitrogen and oxygen atoms in total. The molecule has 4 aromatic rings. The molecule has 1 aromatic heterocycles. The molecule has 4 N–H and O–H groups in total. The number of urea groups is 1. The number of nitrogens with two attached hydrogens (primary N) is 1. The fourth-order valence-corrected chi connectivity index (χ4v) is 4.76. The van der Waals surface area contributed by atoms with Gasteiger partial charge in [-0.2, -0.15) is 0 Å². The third-order valence-electron chi connectivity index (χ3n) is 7.10. The number of benzene rings is 3. The van der Waals surface area contributed by atoms with E-state index in [1.165, 1.54) is 17.3 Å². The monoisotopic (exact) mass is 574 g/mol. The molecule has 0 atom stereocenters. The highest BCUT2D eigenvalue weighted by atomic mass is 35.5. The van der Waals surface area contributed by atoms with E-state index < -0.39 is 5.82 Å². The van der Waals surface area contributed by atoms with Gasteiger partial charge >= 0.3 is 6.03 Å². The van der Waals surface area contributed by atoms with Crippen LogP contribution < -0.4 is 21.3 Å². The highest BCUT2D eigenvalue weighted by Crippen LogP contribution is 2.38. The molecule has 1 saturated heterocycles. The summed E-state index contributed by atoms with van der Waals surface area (Å²) in [5, 5.41) is 6.15. The van der Waals surface area contributed by atoms with Gasteiger partial charge in [-0.1, -0.05) is 35.9 Å². The highest BCUT2D eigenvalue weighted by molar-refractivity contribution is 6.32. The van der Waals surface area contributed by atoms with Gasteiger partial charge in [0.1, 0.15) is 17.8 Å². The van der Waals surface area contributed by atoms with E-state index in [2.05, 4.69) is 49.6 Å². The smallest absolute Gasteiger partial charge is 0.321 e. The normalized spacial score (nSPS) is 13.6. The first-order chi connectivity index (χ1) is 19.7. The van der Waals surface area contributed by atoms with E-state index in [-0.39, 0.29) is 16.9 Å². The number of amides is 2. The Morgan fingerprint density at radius 2 is 1.59 bits per heavy atom.